The first-order valence-electron chi connectivity index (χ1n) is 15.8. The maximum Gasteiger partial charge on any atom is 0.279 e. The molecule has 2 aromatic heterocycles. The molecular formula is C33H44N4O4SSi. The molecule has 4 bridgehead atoms. The van der Waals surface area contributed by atoms with Crippen molar-refractivity contribution in [2.75, 3.05) is 32.8 Å². The van der Waals surface area contributed by atoms with Crippen molar-refractivity contribution < 1.29 is 9.47 Å². The van der Waals surface area contributed by atoms with Crippen LogP contribution in [-0.4, -0.2) is 59.3 Å². The lowest BCUT2D eigenvalue weighted by molar-refractivity contribution is 0.0878. The Hall–Kier alpha value is -2.79. The van der Waals surface area contributed by atoms with Crippen LogP contribution in [0.2, 0.25) is 25.7 Å². The second-order valence-corrected chi connectivity index (χ2v) is 20.0. The molecule has 43 heavy (non-hydrogen) atoms. The third kappa shape index (κ3) is 6.52. The number of aromatic nitrogens is 3. The van der Waals surface area contributed by atoms with Gasteiger partial charge in [0.2, 0.25) is 0 Å². The summed E-state index contributed by atoms with van der Waals surface area (Å²) in [5, 5.41) is 0.636. The van der Waals surface area contributed by atoms with Gasteiger partial charge in [0.1, 0.15) is 23.7 Å². The lowest BCUT2D eigenvalue weighted by Crippen LogP contribution is -2.27. The van der Waals surface area contributed by atoms with Crippen molar-refractivity contribution >= 4 is 40.7 Å². The van der Waals surface area contributed by atoms with Gasteiger partial charge in [-0.2, -0.15) is 0 Å². The Kier molecular flexibility index (Phi) is 8.91. The third-order valence-electron chi connectivity index (χ3n) is 8.77. The molecule has 4 heterocycles. The zero-order valence-electron chi connectivity index (χ0n) is 26.0. The first-order chi connectivity index (χ1) is 20.7. The molecule has 2 aliphatic rings. The van der Waals surface area contributed by atoms with Crippen molar-refractivity contribution in [1.29, 1.82) is 0 Å². The summed E-state index contributed by atoms with van der Waals surface area (Å²) in [6.07, 6.45) is 6.13. The predicted octanol–water partition coefficient (Wildman–Crippen LogP) is 6.51. The lowest BCUT2D eigenvalue weighted by atomic mass is 10.1. The number of likely N-dealkylation sites (tertiary alicyclic amines) is 1. The summed E-state index contributed by atoms with van der Waals surface area (Å²) in [6, 6.07) is 11.0. The average molecular weight is 621 g/mol. The van der Waals surface area contributed by atoms with Crippen LogP contribution < -0.4 is 15.9 Å². The molecule has 2 aromatic carbocycles. The molecular weight excluding hydrogens is 577 g/mol. The molecule has 0 radical (unpaired) electrons. The Morgan fingerprint density at radius 2 is 1.88 bits per heavy atom. The average Bonchev–Trinajstić information content (AvgIpc) is 3.62. The minimum Gasteiger partial charge on any atom is -0.491 e. The van der Waals surface area contributed by atoms with Gasteiger partial charge in [-0.1, -0.05) is 43.3 Å². The smallest absolute Gasteiger partial charge is 0.279 e. The number of hydrogen-bond acceptors (Lipinski definition) is 7. The van der Waals surface area contributed by atoms with E-state index in [2.05, 4.69) is 43.6 Å². The number of nitrogens with zero attached hydrogens (tertiary/aromatic N) is 4. The van der Waals surface area contributed by atoms with Crippen LogP contribution in [0, 0.1) is 0 Å². The number of benzene rings is 2. The van der Waals surface area contributed by atoms with Gasteiger partial charge >= 0.3 is 0 Å². The minimum absolute atomic E-state index is 0.000370. The Morgan fingerprint density at radius 1 is 1.07 bits per heavy atom. The number of rotatable bonds is 8. The van der Waals surface area contributed by atoms with Crippen LogP contribution in [0.25, 0.3) is 32.4 Å². The van der Waals surface area contributed by atoms with E-state index in [1.807, 2.05) is 22.2 Å². The van der Waals surface area contributed by atoms with Gasteiger partial charge in [-0.15, -0.1) is 0 Å². The highest BCUT2D eigenvalue weighted by Gasteiger charge is 2.23. The van der Waals surface area contributed by atoms with Gasteiger partial charge in [0.15, 0.2) is 0 Å². The van der Waals surface area contributed by atoms with E-state index in [0.29, 0.717) is 41.1 Å². The molecule has 1 fully saturated rings. The van der Waals surface area contributed by atoms with Crippen LogP contribution in [0.4, 0.5) is 0 Å². The Bertz CT molecular complexity index is 1730. The molecule has 2 aliphatic heterocycles. The topological polar surface area (TPSA) is 78.6 Å². The molecule has 10 heteroatoms. The van der Waals surface area contributed by atoms with Crippen molar-refractivity contribution in [3.8, 4) is 17.0 Å². The second-order valence-electron chi connectivity index (χ2n) is 13.4. The van der Waals surface area contributed by atoms with E-state index in [-0.39, 0.29) is 23.9 Å². The Balaban J connectivity index is 1.52. The zero-order chi connectivity index (χ0) is 30.1. The SMILES string of the molecule is CC1CCCCOc2cc(CCN3CCCC3)cc3c2nc(c(=O)n3COCC[Si](C)(C)C)-c2cccc3c(=O)n1sc23. The van der Waals surface area contributed by atoms with Gasteiger partial charge in [-0.05, 0) is 88.3 Å². The minimum atomic E-state index is -1.30. The monoisotopic (exact) mass is 620 g/mol. The first kappa shape index (κ1) is 30.2. The summed E-state index contributed by atoms with van der Waals surface area (Å²) in [5.41, 5.74) is 3.38. The van der Waals surface area contributed by atoms with Crippen molar-refractivity contribution in [3.63, 3.8) is 0 Å². The van der Waals surface area contributed by atoms with E-state index in [9.17, 15) is 9.59 Å². The van der Waals surface area contributed by atoms with E-state index in [1.54, 1.807) is 4.57 Å². The van der Waals surface area contributed by atoms with E-state index in [1.165, 1.54) is 24.4 Å². The van der Waals surface area contributed by atoms with Crippen LogP contribution >= 0.6 is 11.5 Å². The van der Waals surface area contributed by atoms with Gasteiger partial charge in [0, 0.05) is 32.8 Å². The highest BCUT2D eigenvalue weighted by Crippen LogP contribution is 2.34. The van der Waals surface area contributed by atoms with Crippen LogP contribution in [0.15, 0.2) is 39.9 Å². The highest BCUT2D eigenvalue weighted by atomic mass is 32.1. The van der Waals surface area contributed by atoms with E-state index < -0.39 is 8.07 Å². The maximum atomic E-state index is 14.4. The lowest BCUT2D eigenvalue weighted by Gasteiger charge is -2.20. The largest absolute Gasteiger partial charge is 0.491 e. The molecule has 0 spiro atoms. The normalized spacial score (nSPS) is 18.1. The number of ether oxygens (including phenoxy) is 2. The van der Waals surface area contributed by atoms with Crippen LogP contribution in [0.1, 0.15) is 50.6 Å². The van der Waals surface area contributed by atoms with Gasteiger partial charge in [0.25, 0.3) is 11.1 Å². The summed E-state index contributed by atoms with van der Waals surface area (Å²) in [7, 11) is -1.30. The van der Waals surface area contributed by atoms with E-state index in [4.69, 9.17) is 14.5 Å². The van der Waals surface area contributed by atoms with Crippen molar-refractivity contribution in [2.24, 2.45) is 0 Å². The fourth-order valence-electron chi connectivity index (χ4n) is 6.13. The predicted molar refractivity (Wildman–Crippen MR) is 179 cm³/mol. The van der Waals surface area contributed by atoms with E-state index >= 15 is 0 Å². The summed E-state index contributed by atoms with van der Waals surface area (Å²) < 4.78 is 17.1. The molecule has 0 N–H and O–H groups in total. The number of hydrogen-bond donors (Lipinski definition) is 0. The van der Waals surface area contributed by atoms with Gasteiger partial charge in [-0.3, -0.25) is 18.1 Å². The van der Waals surface area contributed by atoms with Crippen LogP contribution in [0.5, 0.6) is 5.75 Å². The van der Waals surface area contributed by atoms with Crippen LogP contribution in [0.3, 0.4) is 0 Å². The quantitative estimate of drug-likeness (QED) is 0.165. The summed E-state index contributed by atoms with van der Waals surface area (Å²) in [4.78, 5) is 35.3. The fraction of sp³-hybridized carbons (Fsp3) is 0.545. The Morgan fingerprint density at radius 3 is 2.67 bits per heavy atom. The Labute approximate surface area is 258 Å². The summed E-state index contributed by atoms with van der Waals surface area (Å²) in [5.74, 6) is 0.717. The molecule has 4 aromatic rings. The highest BCUT2D eigenvalue weighted by molar-refractivity contribution is 7.14. The van der Waals surface area contributed by atoms with Crippen molar-refractivity contribution in [1.82, 2.24) is 18.4 Å². The molecule has 1 unspecified atom stereocenters. The molecule has 0 amide bonds. The summed E-state index contributed by atoms with van der Waals surface area (Å²) in [6.45, 7) is 13.7. The summed E-state index contributed by atoms with van der Waals surface area (Å²) >= 11 is 1.44. The third-order valence-corrected chi connectivity index (χ3v) is 11.8. The van der Waals surface area contributed by atoms with Gasteiger partial charge in [-0.25, -0.2) is 4.98 Å². The van der Waals surface area contributed by atoms with Gasteiger partial charge < -0.3 is 14.4 Å². The fourth-order valence-corrected chi connectivity index (χ4v) is 8.07. The van der Waals surface area contributed by atoms with Crippen LogP contribution in [-0.2, 0) is 17.9 Å². The standard InChI is InChI=1S/C33H44N4O4SSi/c1-23-10-5-8-17-41-28-21-24(13-16-35-14-6-7-15-35)20-27-30(28)34-29(33(39)36(27)22-40-18-19-43(2,3)4)25-11-9-12-26-31(25)42-37(23)32(26)38/h9,11-12,20-21,23H,5-8,10,13-19,22H2,1-4H3. The molecule has 0 saturated carbocycles. The van der Waals surface area contributed by atoms with Crippen molar-refractivity contribution in [2.45, 2.75) is 83.9 Å². The maximum absolute atomic E-state index is 14.4. The van der Waals surface area contributed by atoms with Gasteiger partial charge in [0.05, 0.1) is 22.2 Å². The molecule has 1 saturated heterocycles. The van der Waals surface area contributed by atoms with Crippen molar-refractivity contribution in [3.05, 3.63) is 56.6 Å². The molecule has 8 nitrogen and oxygen atoms in total. The van der Waals surface area contributed by atoms with E-state index in [0.717, 1.165) is 67.1 Å². The number of fused-ring (bicyclic) bond motifs is 3. The zero-order valence-corrected chi connectivity index (χ0v) is 27.8. The molecule has 6 rings (SSSR count). The molecule has 0 aliphatic carbocycles. The second kappa shape index (κ2) is 12.7. The molecule has 1 atom stereocenters. The molecule has 230 valence electrons. The first-order valence-corrected chi connectivity index (χ1v) is 20.3.